The molecule has 0 saturated carbocycles. The van der Waals surface area contributed by atoms with Crippen molar-refractivity contribution >= 4 is 11.9 Å². The van der Waals surface area contributed by atoms with E-state index in [0.717, 1.165) is 63.1 Å². The van der Waals surface area contributed by atoms with Crippen LogP contribution in [0.2, 0.25) is 0 Å². The second-order valence-corrected chi connectivity index (χ2v) is 15.4. The van der Waals surface area contributed by atoms with Crippen LogP contribution < -0.4 is 4.74 Å². The quantitative estimate of drug-likeness (QED) is 0.241. The molecule has 0 unspecified atom stereocenters. The zero-order chi connectivity index (χ0) is 35.7. The van der Waals surface area contributed by atoms with Crippen LogP contribution in [0.25, 0.3) is 28.3 Å². The van der Waals surface area contributed by atoms with Crippen molar-refractivity contribution in [1.29, 1.82) is 0 Å². The Morgan fingerprint density at radius 3 is 1.62 bits per heavy atom. The van der Waals surface area contributed by atoms with Crippen LogP contribution in [0.5, 0.6) is 11.5 Å². The van der Waals surface area contributed by atoms with Crippen LogP contribution in [0.1, 0.15) is 122 Å². The molecular weight excluding hydrogens is 588 g/mol. The van der Waals surface area contributed by atoms with Crippen molar-refractivity contribution in [3.8, 4) is 33.8 Å². The third-order valence-corrected chi connectivity index (χ3v) is 9.19. The molecule has 0 spiro atoms. The lowest BCUT2D eigenvalue weighted by Crippen LogP contribution is -2.15. The molecule has 0 atom stereocenters. The Balaban J connectivity index is 0.000000207. The fraction of sp³-hybridized carbons (Fsp3) is 0.400. The number of ether oxygens (including phenoxy) is 1. The maximum Gasteiger partial charge on any atom is 0.163 e. The molecule has 2 aliphatic carbocycles. The largest absolute Gasteiger partial charge is 0.507 e. The van der Waals surface area contributed by atoms with Gasteiger partial charge in [-0.05, 0) is 91.3 Å². The summed E-state index contributed by atoms with van der Waals surface area (Å²) in [5.41, 5.74) is 15.8. The number of aromatic hydroxyl groups is 1. The first kappa shape index (κ1) is 36.7. The van der Waals surface area contributed by atoms with Gasteiger partial charge < -0.3 is 9.84 Å². The highest BCUT2D eigenvalue weighted by molar-refractivity contribution is 6.04. The van der Waals surface area contributed by atoms with Gasteiger partial charge in [0.2, 0.25) is 0 Å². The highest BCUT2D eigenvalue weighted by atomic mass is 16.5. The number of fused-ring (bicyclic) bond motifs is 2. The Hall–Kier alpha value is -4.11. The van der Waals surface area contributed by atoms with Gasteiger partial charge in [0.05, 0.1) is 7.11 Å². The minimum atomic E-state index is -0.0864. The van der Waals surface area contributed by atoms with Crippen LogP contribution in [-0.2, 0) is 23.7 Å². The minimum Gasteiger partial charge on any atom is -0.507 e. The summed E-state index contributed by atoms with van der Waals surface area (Å²) in [7, 11) is 1.74. The van der Waals surface area contributed by atoms with Crippen LogP contribution in [0, 0.1) is 27.7 Å². The SMILES string of the molecule is CC.COc1c(C(C)(C)C)cc2c(c1-c1cc(C)cc(C)c1)CCC2=O.Cc1cc(C)cc(-c2c(O)c(C(C)(C)C)cc3c2CC=C3)c1. The van der Waals surface area contributed by atoms with Gasteiger partial charge in [-0.1, -0.05) is 126 Å². The summed E-state index contributed by atoms with van der Waals surface area (Å²) in [5.74, 6) is 1.62. The summed E-state index contributed by atoms with van der Waals surface area (Å²) in [6, 6.07) is 17.3. The van der Waals surface area contributed by atoms with Gasteiger partial charge in [0.15, 0.2) is 5.78 Å². The second kappa shape index (κ2) is 14.2. The lowest BCUT2D eigenvalue weighted by molar-refractivity contribution is 0.0994. The molecule has 0 aliphatic heterocycles. The number of phenolic OH excluding ortho intramolecular Hbond substituents is 1. The monoisotopic (exact) mass is 644 g/mol. The zero-order valence-electron chi connectivity index (χ0n) is 31.7. The van der Waals surface area contributed by atoms with Crippen molar-refractivity contribution in [2.45, 2.75) is 113 Å². The van der Waals surface area contributed by atoms with Gasteiger partial charge >= 0.3 is 0 Å². The van der Waals surface area contributed by atoms with Crippen molar-refractivity contribution in [2.75, 3.05) is 7.11 Å². The number of carbonyl (C=O) groups is 1. The Labute approximate surface area is 290 Å². The lowest BCUT2D eigenvalue weighted by Gasteiger charge is -2.26. The van der Waals surface area contributed by atoms with Gasteiger partial charge in [-0.2, -0.15) is 0 Å². The van der Waals surface area contributed by atoms with E-state index in [9.17, 15) is 9.90 Å². The molecule has 1 N–H and O–H groups in total. The molecule has 0 heterocycles. The molecule has 3 nitrogen and oxygen atoms in total. The molecule has 0 aromatic heterocycles. The molecule has 4 aromatic rings. The van der Waals surface area contributed by atoms with Crippen molar-refractivity contribution in [2.24, 2.45) is 0 Å². The van der Waals surface area contributed by atoms with Crippen LogP contribution in [0.15, 0.2) is 54.6 Å². The molecule has 0 amide bonds. The number of Topliss-reactive ketones (excluding diaryl/α,β-unsaturated/α-hetero) is 1. The van der Waals surface area contributed by atoms with Crippen molar-refractivity contribution in [3.05, 3.63) is 110 Å². The van der Waals surface area contributed by atoms with Crippen LogP contribution in [0.4, 0.5) is 0 Å². The Kier molecular flexibility index (Phi) is 10.8. The molecule has 6 rings (SSSR count). The normalized spacial score (nSPS) is 13.3. The molecule has 4 aromatic carbocycles. The highest BCUT2D eigenvalue weighted by Crippen LogP contribution is 2.47. The Bertz CT molecular complexity index is 1830. The van der Waals surface area contributed by atoms with Gasteiger partial charge in [0.25, 0.3) is 0 Å². The zero-order valence-corrected chi connectivity index (χ0v) is 31.7. The van der Waals surface area contributed by atoms with E-state index in [0.29, 0.717) is 12.2 Å². The number of rotatable bonds is 3. The van der Waals surface area contributed by atoms with Gasteiger partial charge in [-0.25, -0.2) is 0 Å². The fourth-order valence-corrected chi connectivity index (χ4v) is 7.19. The first-order chi connectivity index (χ1) is 22.5. The van der Waals surface area contributed by atoms with Gasteiger partial charge in [0.1, 0.15) is 11.5 Å². The van der Waals surface area contributed by atoms with E-state index in [4.69, 9.17) is 4.74 Å². The predicted molar refractivity (Wildman–Crippen MR) is 205 cm³/mol. The summed E-state index contributed by atoms with van der Waals surface area (Å²) in [6.07, 6.45) is 6.66. The molecular formula is C45H56O3. The molecule has 254 valence electrons. The number of aryl methyl sites for hydroxylation is 4. The second-order valence-electron chi connectivity index (χ2n) is 15.4. The fourth-order valence-electron chi connectivity index (χ4n) is 7.19. The number of phenols is 1. The van der Waals surface area contributed by atoms with E-state index in [-0.39, 0.29) is 16.6 Å². The molecule has 0 radical (unpaired) electrons. The van der Waals surface area contributed by atoms with E-state index >= 15 is 0 Å². The van der Waals surface area contributed by atoms with Crippen molar-refractivity contribution < 1.29 is 14.6 Å². The number of methoxy groups -OCH3 is 1. The summed E-state index contributed by atoms with van der Waals surface area (Å²) in [5, 5.41) is 11.0. The third-order valence-electron chi connectivity index (χ3n) is 9.19. The lowest BCUT2D eigenvalue weighted by atomic mass is 9.81. The van der Waals surface area contributed by atoms with Gasteiger partial charge in [-0.15, -0.1) is 0 Å². The van der Waals surface area contributed by atoms with Crippen LogP contribution >= 0.6 is 0 Å². The Morgan fingerprint density at radius 2 is 1.15 bits per heavy atom. The molecule has 2 aliphatic rings. The van der Waals surface area contributed by atoms with Crippen molar-refractivity contribution in [1.82, 2.24) is 0 Å². The smallest absolute Gasteiger partial charge is 0.163 e. The maximum absolute atomic E-state index is 12.4. The third kappa shape index (κ3) is 7.46. The van der Waals surface area contributed by atoms with E-state index in [2.05, 4.69) is 130 Å². The first-order valence-electron chi connectivity index (χ1n) is 17.5. The number of ketones is 1. The number of benzene rings is 4. The number of allylic oxidation sites excluding steroid dienone is 1. The summed E-state index contributed by atoms with van der Waals surface area (Å²) in [4.78, 5) is 12.4. The van der Waals surface area contributed by atoms with Crippen molar-refractivity contribution in [3.63, 3.8) is 0 Å². The molecule has 0 fully saturated rings. The number of hydrogen-bond acceptors (Lipinski definition) is 3. The van der Waals surface area contributed by atoms with E-state index in [1.165, 1.54) is 33.4 Å². The minimum absolute atomic E-state index is 0.0802. The van der Waals surface area contributed by atoms with E-state index in [1.807, 2.05) is 13.8 Å². The average Bonchev–Trinajstić information content (AvgIpc) is 3.61. The first-order valence-corrected chi connectivity index (χ1v) is 17.5. The maximum atomic E-state index is 12.4. The standard InChI is InChI=1S/C22H26O2.C21H24O.C2H6/c1-13-9-14(2)11-15(10-13)20-16-7-8-19(23)17(16)12-18(21(20)24-6)22(3,4)5;1-13-9-14(2)11-16(10-13)19-17-8-6-7-15(17)12-18(20(19)22)21(3,4)5;1-2/h9-12H,7-8H2,1-6H3;6-7,9-12,22H,8H2,1-5H3;1-2H3. The summed E-state index contributed by atoms with van der Waals surface area (Å²) in [6.45, 7) is 25.4. The predicted octanol–water partition coefficient (Wildman–Crippen LogP) is 12.0. The Morgan fingerprint density at radius 1 is 0.646 bits per heavy atom. The molecule has 3 heteroatoms. The topological polar surface area (TPSA) is 46.5 Å². The molecule has 0 saturated heterocycles. The van der Waals surface area contributed by atoms with E-state index < -0.39 is 0 Å². The average molecular weight is 645 g/mol. The van der Waals surface area contributed by atoms with Crippen LogP contribution in [0.3, 0.4) is 0 Å². The summed E-state index contributed by atoms with van der Waals surface area (Å²) >= 11 is 0. The number of carbonyl (C=O) groups excluding carboxylic acids is 1. The molecule has 48 heavy (non-hydrogen) atoms. The number of hydrogen-bond donors (Lipinski definition) is 1. The highest BCUT2D eigenvalue weighted by Gasteiger charge is 2.32. The van der Waals surface area contributed by atoms with Gasteiger partial charge in [-0.3, -0.25) is 4.79 Å². The van der Waals surface area contributed by atoms with Crippen LogP contribution in [-0.4, -0.2) is 18.0 Å². The van der Waals surface area contributed by atoms with E-state index in [1.54, 1.807) is 7.11 Å². The summed E-state index contributed by atoms with van der Waals surface area (Å²) < 4.78 is 5.89. The van der Waals surface area contributed by atoms with Gasteiger partial charge in [0, 0.05) is 34.2 Å². The molecule has 0 bridgehead atoms.